The Labute approximate surface area is 159 Å². The monoisotopic (exact) mass is 381 g/mol. The number of carbonyl (C=O) groups is 1. The summed E-state index contributed by atoms with van der Waals surface area (Å²) in [7, 11) is 0. The Balaban J connectivity index is 1.45. The molecule has 0 spiro atoms. The Morgan fingerprint density at radius 3 is 2.61 bits per heavy atom. The fourth-order valence-corrected chi connectivity index (χ4v) is 2.77. The minimum Gasteiger partial charge on any atom is -0.454 e. The molecule has 3 aromatic rings. The van der Waals surface area contributed by atoms with Crippen molar-refractivity contribution in [1.82, 2.24) is 15.1 Å². The van der Waals surface area contributed by atoms with Gasteiger partial charge in [-0.15, -0.1) is 0 Å². The van der Waals surface area contributed by atoms with E-state index >= 15 is 0 Å². The molecular weight excluding hydrogens is 365 g/mol. The third-order valence-corrected chi connectivity index (χ3v) is 4.23. The Morgan fingerprint density at radius 1 is 1.04 bits per heavy atom. The quantitative estimate of drug-likeness (QED) is 0.732. The van der Waals surface area contributed by atoms with Gasteiger partial charge in [-0.25, -0.2) is 9.07 Å². The van der Waals surface area contributed by atoms with E-state index in [2.05, 4.69) is 10.4 Å². The lowest BCUT2D eigenvalue weighted by molar-refractivity contribution is 0.0943. The first-order valence-corrected chi connectivity index (χ1v) is 8.58. The standard InChI is InChI=1S/C20H16FN3O4/c21-15-4-1-13(2-5-15)11-24-19(25)8-6-16(23-24)20(26)22-10-14-3-7-17-18(9-14)28-12-27-17/h1-9H,10-12H2,(H,22,26). The summed E-state index contributed by atoms with van der Waals surface area (Å²) in [6, 6.07) is 13.8. The molecule has 8 heteroatoms. The van der Waals surface area contributed by atoms with Crippen molar-refractivity contribution in [2.45, 2.75) is 13.1 Å². The number of halogens is 1. The van der Waals surface area contributed by atoms with Crippen molar-refractivity contribution in [2.24, 2.45) is 0 Å². The number of hydrogen-bond donors (Lipinski definition) is 1. The highest BCUT2D eigenvalue weighted by molar-refractivity contribution is 5.91. The summed E-state index contributed by atoms with van der Waals surface area (Å²) >= 11 is 0. The van der Waals surface area contributed by atoms with Crippen LogP contribution in [0.5, 0.6) is 11.5 Å². The predicted molar refractivity (Wildman–Crippen MR) is 97.7 cm³/mol. The van der Waals surface area contributed by atoms with Crippen LogP contribution in [0.15, 0.2) is 59.4 Å². The van der Waals surface area contributed by atoms with Crippen LogP contribution in [0, 0.1) is 5.82 Å². The van der Waals surface area contributed by atoms with E-state index < -0.39 is 5.91 Å². The number of carbonyl (C=O) groups excluding carboxylic acids is 1. The van der Waals surface area contributed by atoms with Crippen molar-refractivity contribution >= 4 is 5.91 Å². The lowest BCUT2D eigenvalue weighted by Gasteiger charge is -2.08. The van der Waals surface area contributed by atoms with E-state index in [1.54, 1.807) is 24.3 Å². The second-order valence-electron chi connectivity index (χ2n) is 6.21. The molecule has 0 atom stereocenters. The second-order valence-corrected chi connectivity index (χ2v) is 6.21. The summed E-state index contributed by atoms with van der Waals surface area (Å²) in [5, 5.41) is 6.88. The first-order valence-electron chi connectivity index (χ1n) is 8.58. The van der Waals surface area contributed by atoms with Gasteiger partial charge in [0.2, 0.25) is 6.79 Å². The number of aromatic nitrogens is 2. The van der Waals surface area contributed by atoms with Crippen molar-refractivity contribution in [2.75, 3.05) is 6.79 Å². The molecule has 7 nitrogen and oxygen atoms in total. The summed E-state index contributed by atoms with van der Waals surface area (Å²) < 4.78 is 24.8. The minimum atomic E-state index is -0.412. The molecule has 1 aromatic heterocycles. The van der Waals surface area contributed by atoms with Gasteiger partial charge in [0.25, 0.3) is 11.5 Å². The van der Waals surface area contributed by atoms with Crippen molar-refractivity contribution in [3.63, 3.8) is 0 Å². The molecule has 0 saturated carbocycles. The maximum Gasteiger partial charge on any atom is 0.271 e. The highest BCUT2D eigenvalue weighted by Crippen LogP contribution is 2.32. The van der Waals surface area contributed by atoms with Crippen molar-refractivity contribution in [3.05, 3.63) is 87.6 Å². The average Bonchev–Trinajstić information content (AvgIpc) is 3.17. The SMILES string of the molecule is O=C(NCc1ccc2c(c1)OCO2)c1ccc(=O)n(Cc2ccc(F)cc2)n1. The lowest BCUT2D eigenvalue weighted by atomic mass is 10.2. The molecule has 0 bridgehead atoms. The molecule has 1 amide bonds. The highest BCUT2D eigenvalue weighted by Gasteiger charge is 2.14. The third kappa shape index (κ3) is 3.85. The van der Waals surface area contributed by atoms with E-state index in [9.17, 15) is 14.0 Å². The minimum absolute atomic E-state index is 0.113. The van der Waals surface area contributed by atoms with Gasteiger partial charge in [0.05, 0.1) is 6.54 Å². The maximum absolute atomic E-state index is 13.0. The fourth-order valence-electron chi connectivity index (χ4n) is 2.77. The fraction of sp³-hybridized carbons (Fsp3) is 0.150. The van der Waals surface area contributed by atoms with Gasteiger partial charge in [0.1, 0.15) is 11.5 Å². The Bertz CT molecular complexity index is 1080. The molecule has 0 aliphatic carbocycles. The number of nitrogens with one attached hydrogen (secondary N) is 1. The second kappa shape index (κ2) is 7.51. The van der Waals surface area contributed by atoms with Crippen molar-refractivity contribution in [3.8, 4) is 11.5 Å². The molecule has 2 heterocycles. The number of benzene rings is 2. The van der Waals surface area contributed by atoms with Gasteiger partial charge in [0, 0.05) is 12.6 Å². The van der Waals surface area contributed by atoms with Crippen LogP contribution < -0.4 is 20.3 Å². The van der Waals surface area contributed by atoms with Crippen LogP contribution in [-0.2, 0) is 13.1 Å². The first kappa shape index (κ1) is 17.7. The van der Waals surface area contributed by atoms with Gasteiger partial charge in [-0.1, -0.05) is 18.2 Å². The largest absolute Gasteiger partial charge is 0.454 e. The number of ether oxygens (including phenoxy) is 2. The lowest BCUT2D eigenvalue weighted by Crippen LogP contribution is -2.29. The van der Waals surface area contributed by atoms with Crippen LogP contribution in [0.2, 0.25) is 0 Å². The molecule has 28 heavy (non-hydrogen) atoms. The molecule has 0 unspecified atom stereocenters. The van der Waals surface area contributed by atoms with Crippen LogP contribution in [-0.4, -0.2) is 22.5 Å². The summed E-state index contributed by atoms with van der Waals surface area (Å²) in [5.74, 6) is 0.536. The summed E-state index contributed by atoms with van der Waals surface area (Å²) in [6.07, 6.45) is 0. The Hall–Kier alpha value is -3.68. The molecule has 2 aromatic carbocycles. The highest BCUT2D eigenvalue weighted by atomic mass is 19.1. The molecule has 1 N–H and O–H groups in total. The zero-order chi connectivity index (χ0) is 19.5. The van der Waals surface area contributed by atoms with Gasteiger partial charge in [-0.3, -0.25) is 9.59 Å². The summed E-state index contributed by atoms with van der Waals surface area (Å²) in [6.45, 7) is 0.599. The average molecular weight is 381 g/mol. The smallest absolute Gasteiger partial charge is 0.271 e. The number of nitrogens with zero attached hydrogens (tertiary/aromatic N) is 2. The van der Waals surface area contributed by atoms with Crippen molar-refractivity contribution in [1.29, 1.82) is 0 Å². The Kier molecular flexibility index (Phi) is 4.76. The number of hydrogen-bond acceptors (Lipinski definition) is 5. The number of fused-ring (bicyclic) bond motifs is 1. The van der Waals surface area contributed by atoms with E-state index in [4.69, 9.17) is 9.47 Å². The summed E-state index contributed by atoms with van der Waals surface area (Å²) in [4.78, 5) is 24.4. The topological polar surface area (TPSA) is 82.5 Å². The van der Waals surface area contributed by atoms with Crippen LogP contribution in [0.3, 0.4) is 0 Å². The van der Waals surface area contributed by atoms with E-state index in [0.717, 1.165) is 5.56 Å². The normalized spacial score (nSPS) is 12.0. The predicted octanol–water partition coefficient (Wildman–Crippen LogP) is 2.09. The zero-order valence-corrected chi connectivity index (χ0v) is 14.7. The molecule has 0 radical (unpaired) electrons. The molecule has 4 rings (SSSR count). The van der Waals surface area contributed by atoms with Gasteiger partial charge in [-0.05, 0) is 41.5 Å². The molecule has 0 saturated heterocycles. The zero-order valence-electron chi connectivity index (χ0n) is 14.7. The third-order valence-electron chi connectivity index (χ3n) is 4.23. The van der Waals surface area contributed by atoms with Crippen LogP contribution in [0.4, 0.5) is 4.39 Å². The number of amides is 1. The van der Waals surface area contributed by atoms with Gasteiger partial charge in [-0.2, -0.15) is 5.10 Å². The summed E-state index contributed by atoms with van der Waals surface area (Å²) in [5.41, 5.74) is 1.31. The molecule has 142 valence electrons. The maximum atomic E-state index is 13.0. The number of rotatable bonds is 5. The van der Waals surface area contributed by atoms with Gasteiger partial charge < -0.3 is 14.8 Å². The van der Waals surface area contributed by atoms with Crippen molar-refractivity contribution < 1.29 is 18.7 Å². The van der Waals surface area contributed by atoms with E-state index in [-0.39, 0.29) is 37.0 Å². The van der Waals surface area contributed by atoms with E-state index in [1.165, 1.54) is 28.9 Å². The van der Waals surface area contributed by atoms with Gasteiger partial charge in [0.15, 0.2) is 11.5 Å². The molecule has 0 fully saturated rings. The molecule has 1 aliphatic rings. The van der Waals surface area contributed by atoms with Crippen LogP contribution in [0.25, 0.3) is 0 Å². The van der Waals surface area contributed by atoms with E-state index in [1.807, 2.05) is 6.07 Å². The first-order chi connectivity index (χ1) is 13.6. The van der Waals surface area contributed by atoms with Crippen LogP contribution in [0.1, 0.15) is 21.6 Å². The Morgan fingerprint density at radius 2 is 1.79 bits per heavy atom. The van der Waals surface area contributed by atoms with Crippen LogP contribution >= 0.6 is 0 Å². The van der Waals surface area contributed by atoms with Gasteiger partial charge >= 0.3 is 0 Å². The van der Waals surface area contributed by atoms with E-state index in [0.29, 0.717) is 17.1 Å². The molecular formula is C20H16FN3O4. The molecule has 1 aliphatic heterocycles.